The molecule has 0 fully saturated rings. The minimum atomic E-state index is -0.683. The second kappa shape index (κ2) is 10.6. The Hall–Kier alpha value is -3.91. The number of esters is 1. The number of rotatable bonds is 8. The van der Waals surface area contributed by atoms with Crippen molar-refractivity contribution in [3.8, 4) is 11.5 Å². The fourth-order valence-corrected chi connectivity index (χ4v) is 4.92. The summed E-state index contributed by atoms with van der Waals surface area (Å²) < 4.78 is 18.2. The van der Waals surface area contributed by atoms with Crippen LogP contribution in [0.1, 0.15) is 31.0 Å². The molecule has 0 spiro atoms. The predicted octanol–water partition coefficient (Wildman–Crippen LogP) is 3.37. The van der Waals surface area contributed by atoms with Crippen molar-refractivity contribution in [2.45, 2.75) is 19.9 Å². The lowest BCUT2D eigenvalue weighted by Crippen LogP contribution is -2.39. The average Bonchev–Trinajstić information content (AvgIpc) is 3.17. The highest BCUT2D eigenvalue weighted by Crippen LogP contribution is 2.31. The highest BCUT2D eigenvalue weighted by Gasteiger charge is 2.33. The Balaban J connectivity index is 1.86. The molecule has 1 atom stereocenters. The van der Waals surface area contributed by atoms with Gasteiger partial charge in [-0.3, -0.25) is 9.36 Å². The quantitative estimate of drug-likeness (QED) is 0.357. The zero-order valence-corrected chi connectivity index (χ0v) is 20.6. The van der Waals surface area contributed by atoms with Gasteiger partial charge in [-0.05, 0) is 55.3 Å². The van der Waals surface area contributed by atoms with Crippen molar-refractivity contribution in [3.05, 3.63) is 103 Å². The standard InChI is InChI=1S/C27H26N2O5S/c1-5-15-34-26(31)23-17(3)28-27-29(24(23)19-9-13-20(32-4)14-10-19)25(30)22(35-27)16-18-7-11-21(12-8-18)33-6-2/h5,7-14,16,24H,1,6,15H2,2-4H3/b22-16+/t24-/m0/s1. The van der Waals surface area contributed by atoms with Crippen LogP contribution in [-0.4, -0.2) is 30.9 Å². The van der Waals surface area contributed by atoms with Gasteiger partial charge in [0.2, 0.25) is 0 Å². The van der Waals surface area contributed by atoms with Crippen molar-refractivity contribution in [3.63, 3.8) is 0 Å². The number of hydrogen-bond acceptors (Lipinski definition) is 7. The average molecular weight is 491 g/mol. The molecule has 4 rings (SSSR count). The topological polar surface area (TPSA) is 79.1 Å². The van der Waals surface area contributed by atoms with E-state index in [1.807, 2.05) is 49.4 Å². The minimum Gasteiger partial charge on any atom is -0.497 e. The number of methoxy groups -OCH3 is 1. The molecule has 180 valence electrons. The van der Waals surface area contributed by atoms with E-state index in [4.69, 9.17) is 14.2 Å². The number of carbonyl (C=O) groups excluding carboxylic acids is 1. The van der Waals surface area contributed by atoms with Crippen LogP contribution in [0.2, 0.25) is 0 Å². The first-order valence-electron chi connectivity index (χ1n) is 11.1. The van der Waals surface area contributed by atoms with E-state index in [-0.39, 0.29) is 12.2 Å². The SMILES string of the molecule is C=CCOC(=O)C1=C(C)N=c2s/c(=C/c3ccc(OCC)cc3)c(=O)n2[C@H]1c1ccc(OC)cc1. The molecule has 0 saturated heterocycles. The zero-order chi connectivity index (χ0) is 24.9. The number of nitrogens with zero attached hydrogens (tertiary/aromatic N) is 2. The molecule has 1 aromatic heterocycles. The molecule has 7 nitrogen and oxygen atoms in total. The first-order valence-corrected chi connectivity index (χ1v) is 12.0. The molecule has 0 amide bonds. The summed E-state index contributed by atoms with van der Waals surface area (Å²) in [6.07, 6.45) is 3.32. The monoisotopic (exact) mass is 490 g/mol. The van der Waals surface area contributed by atoms with Crippen molar-refractivity contribution < 1.29 is 19.0 Å². The summed E-state index contributed by atoms with van der Waals surface area (Å²) in [4.78, 5) is 31.8. The van der Waals surface area contributed by atoms with Gasteiger partial charge >= 0.3 is 5.97 Å². The van der Waals surface area contributed by atoms with Gasteiger partial charge in [0.25, 0.3) is 5.56 Å². The normalized spacial score (nSPS) is 15.3. The fraction of sp³-hybridized carbons (Fsp3) is 0.222. The number of thiazole rings is 1. The number of aromatic nitrogens is 1. The molecule has 8 heteroatoms. The number of benzene rings is 2. The molecule has 1 aliphatic heterocycles. The van der Waals surface area contributed by atoms with Gasteiger partial charge in [-0.25, -0.2) is 9.79 Å². The maximum Gasteiger partial charge on any atom is 0.338 e. The van der Waals surface area contributed by atoms with Crippen LogP contribution in [0.3, 0.4) is 0 Å². The third kappa shape index (κ3) is 4.97. The van der Waals surface area contributed by atoms with Gasteiger partial charge in [0.15, 0.2) is 4.80 Å². The first kappa shape index (κ1) is 24.2. The maximum absolute atomic E-state index is 13.6. The Morgan fingerprint density at radius 2 is 1.83 bits per heavy atom. The van der Waals surface area contributed by atoms with E-state index in [0.29, 0.717) is 33.0 Å². The Morgan fingerprint density at radius 1 is 1.14 bits per heavy atom. The van der Waals surface area contributed by atoms with Crippen LogP contribution in [0.5, 0.6) is 11.5 Å². The van der Waals surface area contributed by atoms with Gasteiger partial charge in [0.05, 0.1) is 35.6 Å². The lowest BCUT2D eigenvalue weighted by Gasteiger charge is -2.24. The second-order valence-corrected chi connectivity index (χ2v) is 8.75. The molecule has 1 aliphatic rings. The van der Waals surface area contributed by atoms with E-state index in [1.54, 1.807) is 30.7 Å². The van der Waals surface area contributed by atoms with Crippen LogP contribution in [0.25, 0.3) is 6.08 Å². The number of hydrogen-bond donors (Lipinski definition) is 0. The number of allylic oxidation sites excluding steroid dienone is 1. The van der Waals surface area contributed by atoms with E-state index < -0.39 is 12.0 Å². The van der Waals surface area contributed by atoms with Gasteiger partial charge < -0.3 is 14.2 Å². The van der Waals surface area contributed by atoms with Crippen LogP contribution in [0.15, 0.2) is 82.2 Å². The van der Waals surface area contributed by atoms with Crippen LogP contribution in [-0.2, 0) is 9.53 Å². The van der Waals surface area contributed by atoms with E-state index in [9.17, 15) is 9.59 Å². The third-order valence-corrected chi connectivity index (χ3v) is 6.48. The van der Waals surface area contributed by atoms with Crippen molar-refractivity contribution >= 4 is 23.4 Å². The van der Waals surface area contributed by atoms with Gasteiger partial charge in [0.1, 0.15) is 18.1 Å². The van der Waals surface area contributed by atoms with E-state index in [2.05, 4.69) is 11.6 Å². The van der Waals surface area contributed by atoms with Crippen LogP contribution < -0.4 is 24.4 Å². The smallest absolute Gasteiger partial charge is 0.338 e. The van der Waals surface area contributed by atoms with Crippen molar-refractivity contribution in [2.24, 2.45) is 4.99 Å². The predicted molar refractivity (Wildman–Crippen MR) is 136 cm³/mol. The molecule has 0 N–H and O–H groups in total. The molecule has 0 unspecified atom stereocenters. The third-order valence-electron chi connectivity index (χ3n) is 5.49. The maximum atomic E-state index is 13.6. The second-order valence-electron chi connectivity index (χ2n) is 7.74. The van der Waals surface area contributed by atoms with Gasteiger partial charge in [-0.15, -0.1) is 0 Å². The Labute approximate surface area is 206 Å². The number of carbonyl (C=O) groups is 1. The first-order chi connectivity index (χ1) is 17.0. The van der Waals surface area contributed by atoms with E-state index >= 15 is 0 Å². The summed E-state index contributed by atoms with van der Waals surface area (Å²) in [5, 5.41) is 0. The Morgan fingerprint density at radius 3 is 2.46 bits per heavy atom. The summed E-state index contributed by atoms with van der Waals surface area (Å²) in [6, 6.07) is 14.1. The largest absolute Gasteiger partial charge is 0.497 e. The van der Waals surface area contributed by atoms with Crippen LogP contribution in [0, 0.1) is 0 Å². The van der Waals surface area contributed by atoms with Crippen LogP contribution in [0.4, 0.5) is 0 Å². The van der Waals surface area contributed by atoms with E-state index in [1.165, 1.54) is 17.4 Å². The molecule has 35 heavy (non-hydrogen) atoms. The lowest BCUT2D eigenvalue weighted by molar-refractivity contribution is -0.138. The number of fused-ring (bicyclic) bond motifs is 1. The van der Waals surface area contributed by atoms with Crippen LogP contribution >= 0.6 is 11.3 Å². The minimum absolute atomic E-state index is 0.0626. The van der Waals surface area contributed by atoms with E-state index in [0.717, 1.165) is 16.9 Å². The summed E-state index contributed by atoms with van der Waals surface area (Å²) in [5.74, 6) is 0.907. The molecule has 3 aromatic rings. The molecule has 0 bridgehead atoms. The summed E-state index contributed by atoms with van der Waals surface area (Å²) in [5.41, 5.74) is 2.20. The fourth-order valence-electron chi connectivity index (χ4n) is 3.87. The highest BCUT2D eigenvalue weighted by atomic mass is 32.1. The Kier molecular flexibility index (Phi) is 7.31. The van der Waals surface area contributed by atoms with Crippen molar-refractivity contribution in [2.75, 3.05) is 20.3 Å². The van der Waals surface area contributed by atoms with Gasteiger partial charge in [0, 0.05) is 0 Å². The van der Waals surface area contributed by atoms with Crippen molar-refractivity contribution in [1.29, 1.82) is 0 Å². The summed E-state index contributed by atoms with van der Waals surface area (Å²) in [7, 11) is 1.58. The zero-order valence-electron chi connectivity index (χ0n) is 19.8. The Bertz CT molecular complexity index is 1450. The molecule has 2 aromatic carbocycles. The highest BCUT2D eigenvalue weighted by molar-refractivity contribution is 7.07. The molecular formula is C27H26N2O5S. The number of ether oxygens (including phenoxy) is 3. The summed E-state index contributed by atoms with van der Waals surface area (Å²) in [6.45, 7) is 7.93. The van der Waals surface area contributed by atoms with Crippen molar-refractivity contribution in [1.82, 2.24) is 4.57 Å². The lowest BCUT2D eigenvalue weighted by atomic mass is 9.96. The molecule has 0 aliphatic carbocycles. The molecule has 2 heterocycles. The van der Waals surface area contributed by atoms with Gasteiger partial charge in [-0.1, -0.05) is 48.3 Å². The summed E-state index contributed by atoms with van der Waals surface area (Å²) >= 11 is 1.28. The van der Waals surface area contributed by atoms with Gasteiger partial charge in [-0.2, -0.15) is 0 Å². The molecular weight excluding hydrogens is 464 g/mol. The molecule has 0 radical (unpaired) electrons. The molecule has 0 saturated carbocycles.